The summed E-state index contributed by atoms with van der Waals surface area (Å²) in [6, 6.07) is 1.15. The van der Waals surface area contributed by atoms with Crippen molar-refractivity contribution in [3.05, 3.63) is 29.3 Å². The van der Waals surface area contributed by atoms with Crippen LogP contribution in [0.1, 0.15) is 10.4 Å². The molecule has 1 aromatic carbocycles. The summed E-state index contributed by atoms with van der Waals surface area (Å²) in [6.07, 6.45) is 0. The maximum atomic E-state index is 13.4. The highest BCUT2D eigenvalue weighted by atomic mass is 19.1. The van der Waals surface area contributed by atoms with Crippen LogP contribution in [0.2, 0.25) is 0 Å². The molecule has 0 aliphatic heterocycles. The lowest BCUT2D eigenvalue weighted by molar-refractivity contribution is -0.115. The van der Waals surface area contributed by atoms with E-state index >= 15 is 0 Å². The normalized spacial score (nSPS) is 10.3. The number of hydrogen-bond donors (Lipinski definition) is 3. The van der Waals surface area contributed by atoms with Gasteiger partial charge < -0.3 is 20.5 Å². The molecular weight excluding hydrogens is 274 g/mol. The second-order valence-corrected chi connectivity index (χ2v) is 3.83. The van der Waals surface area contributed by atoms with E-state index in [1.54, 1.807) is 0 Å². The van der Waals surface area contributed by atoms with Crippen LogP contribution >= 0.6 is 0 Å². The summed E-state index contributed by atoms with van der Waals surface area (Å²) in [7, 11) is 1.50. The number of benzene rings is 1. The highest BCUT2D eigenvalue weighted by Gasteiger charge is 2.16. The van der Waals surface area contributed by atoms with E-state index < -0.39 is 29.1 Å². The second kappa shape index (κ2) is 7.51. The Morgan fingerprint density at radius 3 is 2.60 bits per heavy atom. The van der Waals surface area contributed by atoms with Gasteiger partial charge in [-0.2, -0.15) is 0 Å². The van der Waals surface area contributed by atoms with Gasteiger partial charge in [-0.3, -0.25) is 4.79 Å². The fourth-order valence-corrected chi connectivity index (χ4v) is 1.38. The third-order valence-corrected chi connectivity index (χ3v) is 2.33. The van der Waals surface area contributed by atoms with Gasteiger partial charge >= 0.3 is 5.97 Å². The molecule has 3 N–H and O–H groups in total. The first-order chi connectivity index (χ1) is 9.45. The minimum absolute atomic E-state index is 0.109. The molecule has 0 bridgehead atoms. The van der Waals surface area contributed by atoms with Gasteiger partial charge in [0.05, 0.1) is 24.4 Å². The summed E-state index contributed by atoms with van der Waals surface area (Å²) in [6.45, 7) is 0.722. The highest BCUT2D eigenvalue weighted by Crippen LogP contribution is 2.19. The monoisotopic (exact) mass is 288 g/mol. The van der Waals surface area contributed by atoms with Gasteiger partial charge in [0.25, 0.3) is 0 Å². The van der Waals surface area contributed by atoms with Crippen LogP contribution in [0.5, 0.6) is 0 Å². The summed E-state index contributed by atoms with van der Waals surface area (Å²) < 4.78 is 31.3. The average Bonchev–Trinajstić information content (AvgIpc) is 2.37. The SMILES string of the molecule is COCCNCC(=O)Nc1cc(C(=O)O)c(F)cc1F. The summed E-state index contributed by atoms with van der Waals surface area (Å²) in [5.74, 6) is -4.37. The molecule has 110 valence electrons. The Hall–Kier alpha value is -2.06. The van der Waals surface area contributed by atoms with Gasteiger partial charge in [-0.05, 0) is 6.07 Å². The van der Waals surface area contributed by atoms with Crippen LogP contribution in [0.25, 0.3) is 0 Å². The summed E-state index contributed by atoms with van der Waals surface area (Å²) in [4.78, 5) is 22.2. The minimum atomic E-state index is -1.55. The van der Waals surface area contributed by atoms with Crippen molar-refractivity contribution in [3.63, 3.8) is 0 Å². The van der Waals surface area contributed by atoms with Gasteiger partial charge in [0, 0.05) is 19.7 Å². The first kappa shape index (κ1) is 16.0. The number of ether oxygens (including phenoxy) is 1. The zero-order valence-electron chi connectivity index (χ0n) is 10.7. The van der Waals surface area contributed by atoms with E-state index in [-0.39, 0.29) is 12.2 Å². The quantitative estimate of drug-likeness (QED) is 0.647. The fourth-order valence-electron chi connectivity index (χ4n) is 1.38. The highest BCUT2D eigenvalue weighted by molar-refractivity contribution is 5.95. The van der Waals surface area contributed by atoms with Crippen LogP contribution in [0.15, 0.2) is 12.1 Å². The molecule has 0 aliphatic carbocycles. The smallest absolute Gasteiger partial charge is 0.338 e. The van der Waals surface area contributed by atoms with Crippen LogP contribution in [0, 0.1) is 11.6 Å². The van der Waals surface area contributed by atoms with Crippen molar-refractivity contribution in [2.24, 2.45) is 0 Å². The third-order valence-electron chi connectivity index (χ3n) is 2.33. The molecule has 0 unspecified atom stereocenters. The van der Waals surface area contributed by atoms with Crippen molar-refractivity contribution in [3.8, 4) is 0 Å². The fraction of sp³-hybridized carbons (Fsp3) is 0.333. The van der Waals surface area contributed by atoms with Crippen molar-refractivity contribution in [1.29, 1.82) is 0 Å². The molecule has 0 heterocycles. The molecule has 0 fully saturated rings. The largest absolute Gasteiger partial charge is 0.478 e. The van der Waals surface area contributed by atoms with Crippen LogP contribution in [0.4, 0.5) is 14.5 Å². The Kier molecular flexibility index (Phi) is 6.01. The molecule has 6 nitrogen and oxygen atoms in total. The minimum Gasteiger partial charge on any atom is -0.478 e. The number of nitrogens with one attached hydrogen (secondary N) is 2. The molecule has 0 aliphatic rings. The maximum absolute atomic E-state index is 13.4. The molecule has 8 heteroatoms. The molecule has 1 rings (SSSR count). The van der Waals surface area contributed by atoms with Gasteiger partial charge in [-0.1, -0.05) is 0 Å². The van der Waals surface area contributed by atoms with Crippen LogP contribution in [-0.2, 0) is 9.53 Å². The van der Waals surface area contributed by atoms with E-state index in [4.69, 9.17) is 9.84 Å². The Bertz CT molecular complexity index is 508. The average molecular weight is 288 g/mol. The molecule has 0 atom stereocenters. The predicted octanol–water partition coefficient (Wildman–Crippen LogP) is 0.837. The Morgan fingerprint density at radius 2 is 2.00 bits per heavy atom. The first-order valence-corrected chi connectivity index (χ1v) is 5.67. The standard InChI is InChI=1S/C12H14F2N2O4/c1-20-3-2-15-6-11(17)16-10-4-7(12(18)19)8(13)5-9(10)14/h4-5,15H,2-3,6H2,1H3,(H,16,17)(H,18,19). The van der Waals surface area contributed by atoms with E-state index in [2.05, 4.69) is 10.6 Å². The number of rotatable bonds is 7. The number of hydrogen-bond acceptors (Lipinski definition) is 4. The van der Waals surface area contributed by atoms with Gasteiger partial charge in [0.2, 0.25) is 5.91 Å². The molecular formula is C12H14F2N2O4. The topological polar surface area (TPSA) is 87.7 Å². The Morgan fingerprint density at radius 1 is 1.30 bits per heavy atom. The lowest BCUT2D eigenvalue weighted by Gasteiger charge is -2.09. The summed E-state index contributed by atoms with van der Waals surface area (Å²) in [5.41, 5.74) is -1.10. The predicted molar refractivity (Wildman–Crippen MR) is 66.7 cm³/mol. The number of carbonyl (C=O) groups excluding carboxylic acids is 1. The number of methoxy groups -OCH3 is 1. The number of halogens is 2. The molecule has 0 saturated carbocycles. The van der Waals surface area contributed by atoms with Crippen molar-refractivity contribution in [2.45, 2.75) is 0 Å². The van der Waals surface area contributed by atoms with Gasteiger partial charge in [0.15, 0.2) is 0 Å². The Balaban J connectivity index is 2.69. The van der Waals surface area contributed by atoms with E-state index in [0.29, 0.717) is 19.2 Å². The number of amides is 1. The van der Waals surface area contributed by atoms with Gasteiger partial charge in [-0.15, -0.1) is 0 Å². The van der Waals surface area contributed by atoms with Gasteiger partial charge in [-0.25, -0.2) is 13.6 Å². The van der Waals surface area contributed by atoms with Crippen LogP contribution < -0.4 is 10.6 Å². The number of carboxylic acids is 1. The maximum Gasteiger partial charge on any atom is 0.338 e. The molecule has 0 aromatic heterocycles. The lowest BCUT2D eigenvalue weighted by atomic mass is 10.2. The molecule has 0 saturated heterocycles. The molecule has 1 amide bonds. The molecule has 0 spiro atoms. The molecule has 0 radical (unpaired) electrons. The number of carbonyl (C=O) groups is 2. The number of anilines is 1. The zero-order valence-corrected chi connectivity index (χ0v) is 10.7. The molecule has 1 aromatic rings. The zero-order chi connectivity index (χ0) is 15.1. The van der Waals surface area contributed by atoms with Crippen molar-refractivity contribution >= 4 is 17.6 Å². The first-order valence-electron chi connectivity index (χ1n) is 5.67. The van der Waals surface area contributed by atoms with E-state index in [0.717, 1.165) is 6.07 Å². The second-order valence-electron chi connectivity index (χ2n) is 3.83. The van der Waals surface area contributed by atoms with Crippen LogP contribution in [0.3, 0.4) is 0 Å². The summed E-state index contributed by atoms with van der Waals surface area (Å²) in [5, 5.41) is 13.6. The third kappa shape index (κ3) is 4.56. The number of aromatic carboxylic acids is 1. The number of carboxylic acid groups (broad SMARTS) is 1. The molecule has 20 heavy (non-hydrogen) atoms. The van der Waals surface area contributed by atoms with Crippen molar-refractivity contribution in [2.75, 3.05) is 32.1 Å². The van der Waals surface area contributed by atoms with Crippen molar-refractivity contribution in [1.82, 2.24) is 5.32 Å². The van der Waals surface area contributed by atoms with Gasteiger partial charge in [0.1, 0.15) is 11.6 Å². The van der Waals surface area contributed by atoms with Crippen LogP contribution in [-0.4, -0.2) is 43.8 Å². The van der Waals surface area contributed by atoms with E-state index in [1.165, 1.54) is 7.11 Å². The van der Waals surface area contributed by atoms with E-state index in [9.17, 15) is 18.4 Å². The lowest BCUT2D eigenvalue weighted by Crippen LogP contribution is -2.30. The van der Waals surface area contributed by atoms with E-state index in [1.807, 2.05) is 0 Å². The summed E-state index contributed by atoms with van der Waals surface area (Å²) >= 11 is 0. The Labute approximate surface area is 113 Å². The van der Waals surface area contributed by atoms with Crippen molar-refractivity contribution < 1.29 is 28.2 Å².